The lowest BCUT2D eigenvalue weighted by molar-refractivity contribution is -0.118. The molecular formula is C11H10BrN3O3. The summed E-state index contributed by atoms with van der Waals surface area (Å²) in [7, 11) is 1.54. The smallest absolute Gasteiger partial charge is 0.331 e. The van der Waals surface area contributed by atoms with Gasteiger partial charge in [-0.3, -0.25) is 18.7 Å². The van der Waals surface area contributed by atoms with Crippen molar-refractivity contribution >= 4 is 32.7 Å². The Bertz CT molecular complexity index is 760. The number of aryl methyl sites for hydroxylation is 1. The van der Waals surface area contributed by atoms with E-state index in [0.717, 1.165) is 9.04 Å². The minimum Gasteiger partial charge on any atom is -0.368 e. The van der Waals surface area contributed by atoms with Crippen molar-refractivity contribution < 1.29 is 4.79 Å². The quantitative estimate of drug-likeness (QED) is 0.843. The Morgan fingerprint density at radius 3 is 2.67 bits per heavy atom. The first-order chi connectivity index (χ1) is 8.41. The summed E-state index contributed by atoms with van der Waals surface area (Å²) in [5.41, 5.74) is 4.45. The number of hydrogen-bond acceptors (Lipinski definition) is 3. The van der Waals surface area contributed by atoms with Gasteiger partial charge in [0.1, 0.15) is 6.54 Å². The van der Waals surface area contributed by atoms with Gasteiger partial charge in [-0.2, -0.15) is 0 Å². The number of carbonyl (C=O) groups excluding carboxylic acids is 1. The van der Waals surface area contributed by atoms with Crippen LogP contribution < -0.4 is 17.0 Å². The topological polar surface area (TPSA) is 87.1 Å². The van der Waals surface area contributed by atoms with Crippen molar-refractivity contribution in [3.8, 4) is 0 Å². The zero-order valence-electron chi connectivity index (χ0n) is 9.51. The Balaban J connectivity index is 2.92. The molecule has 0 aliphatic heterocycles. The van der Waals surface area contributed by atoms with Crippen LogP contribution in [0.15, 0.2) is 32.3 Å². The number of nitrogens with two attached hydrogens (primary N) is 1. The second-order valence-electron chi connectivity index (χ2n) is 3.86. The molecule has 1 aromatic carbocycles. The lowest BCUT2D eigenvalue weighted by Gasteiger charge is -2.09. The molecule has 0 aliphatic carbocycles. The van der Waals surface area contributed by atoms with E-state index >= 15 is 0 Å². The molecule has 0 radical (unpaired) electrons. The minimum absolute atomic E-state index is 0.363. The van der Waals surface area contributed by atoms with Gasteiger partial charge in [0.2, 0.25) is 5.91 Å². The highest BCUT2D eigenvalue weighted by molar-refractivity contribution is 9.10. The van der Waals surface area contributed by atoms with Gasteiger partial charge in [-0.25, -0.2) is 4.79 Å². The van der Waals surface area contributed by atoms with Crippen LogP contribution in [0.3, 0.4) is 0 Å². The number of hydrogen-bond donors (Lipinski definition) is 1. The lowest BCUT2D eigenvalue weighted by Crippen LogP contribution is -2.42. The van der Waals surface area contributed by atoms with Crippen molar-refractivity contribution in [1.29, 1.82) is 0 Å². The van der Waals surface area contributed by atoms with Crippen LogP contribution in [0.25, 0.3) is 10.9 Å². The summed E-state index contributed by atoms with van der Waals surface area (Å²) in [6.45, 7) is -0.419. The van der Waals surface area contributed by atoms with Crippen LogP contribution in [0.5, 0.6) is 0 Å². The molecule has 0 fully saturated rings. The van der Waals surface area contributed by atoms with E-state index in [1.165, 1.54) is 11.6 Å². The van der Waals surface area contributed by atoms with Crippen LogP contribution in [0.2, 0.25) is 0 Å². The fourth-order valence-electron chi connectivity index (χ4n) is 1.77. The molecule has 1 amide bonds. The van der Waals surface area contributed by atoms with Crippen molar-refractivity contribution in [2.75, 3.05) is 0 Å². The van der Waals surface area contributed by atoms with Crippen LogP contribution in [0, 0.1) is 0 Å². The predicted molar refractivity (Wildman–Crippen MR) is 70.3 cm³/mol. The molecule has 2 rings (SSSR count). The number of primary amides is 1. The van der Waals surface area contributed by atoms with Gasteiger partial charge in [-0.1, -0.05) is 15.9 Å². The molecule has 0 saturated carbocycles. The number of aromatic nitrogens is 2. The zero-order chi connectivity index (χ0) is 13.4. The Morgan fingerprint density at radius 1 is 1.39 bits per heavy atom. The molecule has 94 valence electrons. The van der Waals surface area contributed by atoms with Gasteiger partial charge in [0.05, 0.1) is 10.9 Å². The highest BCUT2D eigenvalue weighted by atomic mass is 79.9. The predicted octanol–water partition coefficient (Wildman–Crippen LogP) is -0.0520. The van der Waals surface area contributed by atoms with Crippen molar-refractivity contribution in [3.05, 3.63) is 43.5 Å². The average Bonchev–Trinajstić information content (AvgIpc) is 2.31. The summed E-state index contributed by atoms with van der Waals surface area (Å²) in [5, 5.41) is 0.363. The van der Waals surface area contributed by atoms with Crippen LogP contribution in [0.4, 0.5) is 0 Å². The van der Waals surface area contributed by atoms with Gasteiger partial charge in [-0.15, -0.1) is 0 Å². The third-order valence-corrected chi connectivity index (χ3v) is 3.12. The Morgan fingerprint density at radius 2 is 2.06 bits per heavy atom. The highest BCUT2D eigenvalue weighted by Gasteiger charge is 2.12. The van der Waals surface area contributed by atoms with E-state index < -0.39 is 23.7 Å². The number of rotatable bonds is 2. The van der Waals surface area contributed by atoms with E-state index in [0.29, 0.717) is 10.9 Å². The molecule has 18 heavy (non-hydrogen) atoms. The molecule has 0 aliphatic rings. The molecule has 1 heterocycles. The van der Waals surface area contributed by atoms with E-state index in [9.17, 15) is 14.4 Å². The number of halogens is 1. The van der Waals surface area contributed by atoms with E-state index in [4.69, 9.17) is 5.73 Å². The number of nitrogens with zero attached hydrogens (tertiary/aromatic N) is 2. The monoisotopic (exact) mass is 311 g/mol. The number of fused-ring (bicyclic) bond motifs is 1. The number of carbonyl (C=O) groups is 1. The molecule has 6 nitrogen and oxygen atoms in total. The van der Waals surface area contributed by atoms with Crippen molar-refractivity contribution in [2.45, 2.75) is 6.54 Å². The highest BCUT2D eigenvalue weighted by Crippen LogP contribution is 2.15. The molecule has 0 saturated heterocycles. The van der Waals surface area contributed by atoms with Crippen LogP contribution in [0.1, 0.15) is 0 Å². The molecule has 0 bridgehead atoms. The third kappa shape index (κ3) is 1.97. The number of amides is 1. The average molecular weight is 312 g/mol. The van der Waals surface area contributed by atoms with Gasteiger partial charge in [0, 0.05) is 11.5 Å². The zero-order valence-corrected chi connectivity index (χ0v) is 11.1. The van der Waals surface area contributed by atoms with Gasteiger partial charge in [-0.05, 0) is 18.2 Å². The van der Waals surface area contributed by atoms with Gasteiger partial charge < -0.3 is 5.73 Å². The first-order valence-corrected chi connectivity index (χ1v) is 5.88. The van der Waals surface area contributed by atoms with E-state index in [1.54, 1.807) is 18.2 Å². The second-order valence-corrected chi connectivity index (χ2v) is 4.78. The van der Waals surface area contributed by atoms with Crippen molar-refractivity contribution in [3.63, 3.8) is 0 Å². The first-order valence-electron chi connectivity index (χ1n) is 5.09. The summed E-state index contributed by atoms with van der Waals surface area (Å²) < 4.78 is 2.90. The van der Waals surface area contributed by atoms with Gasteiger partial charge >= 0.3 is 5.69 Å². The maximum Gasteiger partial charge on any atom is 0.331 e. The maximum atomic E-state index is 12.1. The summed E-state index contributed by atoms with van der Waals surface area (Å²) in [6, 6.07) is 4.97. The number of benzene rings is 1. The minimum atomic E-state index is -0.731. The van der Waals surface area contributed by atoms with Crippen LogP contribution >= 0.6 is 15.9 Å². The van der Waals surface area contributed by atoms with E-state index in [2.05, 4.69) is 15.9 Å². The van der Waals surface area contributed by atoms with Gasteiger partial charge in [0.15, 0.2) is 0 Å². The molecular weight excluding hydrogens is 302 g/mol. The van der Waals surface area contributed by atoms with E-state index in [-0.39, 0.29) is 0 Å². The molecule has 0 spiro atoms. The first kappa shape index (κ1) is 12.6. The standard InChI is InChI=1S/C11H10BrN3O3/c1-14-8-4-6(12)2-3-7(8)10(17)15(11(14)18)5-9(13)16/h2-4H,5H2,1H3,(H2,13,16). The normalized spacial score (nSPS) is 10.8. The molecule has 2 aromatic rings. The van der Waals surface area contributed by atoms with Crippen LogP contribution in [-0.4, -0.2) is 15.0 Å². The summed E-state index contributed by atoms with van der Waals surface area (Å²) in [4.78, 5) is 34.9. The maximum absolute atomic E-state index is 12.1. The van der Waals surface area contributed by atoms with Crippen molar-refractivity contribution in [1.82, 2.24) is 9.13 Å². The summed E-state index contributed by atoms with van der Waals surface area (Å²) in [5.74, 6) is -0.731. The molecule has 0 unspecified atom stereocenters. The summed E-state index contributed by atoms with van der Waals surface area (Å²) >= 11 is 3.28. The largest absolute Gasteiger partial charge is 0.368 e. The molecule has 0 atom stereocenters. The molecule has 7 heteroatoms. The van der Waals surface area contributed by atoms with Crippen LogP contribution in [-0.2, 0) is 18.4 Å². The van der Waals surface area contributed by atoms with Gasteiger partial charge in [0.25, 0.3) is 5.56 Å². The Labute approximate surface area is 110 Å². The Hall–Kier alpha value is -1.89. The fourth-order valence-corrected chi connectivity index (χ4v) is 2.12. The third-order valence-electron chi connectivity index (χ3n) is 2.63. The second kappa shape index (κ2) is 4.41. The molecule has 2 N–H and O–H groups in total. The lowest BCUT2D eigenvalue weighted by atomic mass is 10.2. The van der Waals surface area contributed by atoms with Crippen molar-refractivity contribution in [2.24, 2.45) is 12.8 Å². The van der Waals surface area contributed by atoms with E-state index in [1.807, 2.05) is 0 Å². The SMILES string of the molecule is Cn1c(=O)n(CC(N)=O)c(=O)c2ccc(Br)cc21. The Kier molecular flexibility index (Phi) is 3.08. The molecule has 1 aromatic heterocycles. The fraction of sp³-hybridized carbons (Fsp3) is 0.182. The summed E-state index contributed by atoms with van der Waals surface area (Å²) in [6.07, 6.45) is 0.